The lowest BCUT2D eigenvalue weighted by atomic mass is 9.90. The maximum atomic E-state index is 13.2. The zero-order valence-corrected chi connectivity index (χ0v) is 27.5. The average Bonchev–Trinajstić information content (AvgIpc) is 2.87. The Kier molecular flexibility index (Phi) is 11.1. The molecule has 0 aliphatic carbocycles. The molecule has 2 amide bonds. The van der Waals surface area contributed by atoms with E-state index in [9.17, 15) is 18.0 Å². The third-order valence-electron chi connectivity index (χ3n) is 6.73. The third kappa shape index (κ3) is 11.0. The number of carbonyl (C=O) groups excluding carboxylic acids is 2. The predicted octanol–water partition coefficient (Wildman–Crippen LogP) is 5.46. The Labute approximate surface area is 256 Å². The first-order valence-electron chi connectivity index (χ1n) is 14.6. The second-order valence-electron chi connectivity index (χ2n) is 13.0. The molecule has 0 aromatic heterocycles. The van der Waals surface area contributed by atoms with E-state index in [1.807, 2.05) is 90.1 Å². The molecule has 1 fully saturated rings. The van der Waals surface area contributed by atoms with Gasteiger partial charge in [0, 0.05) is 25.2 Å². The Balaban J connectivity index is 1.81. The van der Waals surface area contributed by atoms with Crippen molar-refractivity contribution < 1.29 is 32.2 Å². The van der Waals surface area contributed by atoms with E-state index < -0.39 is 45.5 Å². The highest BCUT2D eigenvalue weighted by molar-refractivity contribution is 7.88. The third-order valence-corrected chi connectivity index (χ3v) is 7.46. The maximum Gasteiger partial charge on any atom is 0.410 e. The van der Waals surface area contributed by atoms with Gasteiger partial charge in [0.2, 0.25) is 10.0 Å². The van der Waals surface area contributed by atoms with Gasteiger partial charge in [-0.15, -0.1) is 0 Å². The summed E-state index contributed by atoms with van der Waals surface area (Å²) < 4.78 is 44.4. The van der Waals surface area contributed by atoms with Crippen LogP contribution in [0.15, 0.2) is 48.5 Å². The van der Waals surface area contributed by atoms with E-state index in [2.05, 4.69) is 4.72 Å². The summed E-state index contributed by atoms with van der Waals surface area (Å²) in [7, 11) is -1.83. The highest BCUT2D eigenvalue weighted by Gasteiger charge is 2.38. The van der Waals surface area contributed by atoms with Gasteiger partial charge in [0.25, 0.3) is 0 Å². The molecular formula is C32H47N3O7S. The molecule has 11 heteroatoms. The van der Waals surface area contributed by atoms with Crippen LogP contribution in [-0.2, 0) is 25.9 Å². The molecule has 0 radical (unpaired) electrons. The second kappa shape index (κ2) is 14.0. The molecule has 2 unspecified atom stereocenters. The highest BCUT2D eigenvalue weighted by Crippen LogP contribution is 2.32. The van der Waals surface area contributed by atoms with Gasteiger partial charge >= 0.3 is 12.2 Å². The Bertz CT molecular complexity index is 1370. The van der Waals surface area contributed by atoms with Gasteiger partial charge in [0.15, 0.2) is 0 Å². The molecule has 1 saturated heterocycles. The van der Waals surface area contributed by atoms with Gasteiger partial charge in [0.05, 0.1) is 18.8 Å². The fraction of sp³-hybridized carbons (Fsp3) is 0.562. The van der Waals surface area contributed by atoms with Gasteiger partial charge in [-0.05, 0) is 78.0 Å². The molecular weight excluding hydrogens is 570 g/mol. The van der Waals surface area contributed by atoms with Crippen molar-refractivity contribution in [1.82, 2.24) is 14.5 Å². The van der Waals surface area contributed by atoms with Crippen LogP contribution in [0.5, 0.6) is 5.75 Å². The van der Waals surface area contributed by atoms with E-state index in [0.717, 1.165) is 22.9 Å². The molecule has 2 aromatic carbocycles. The summed E-state index contributed by atoms with van der Waals surface area (Å²) in [5, 5.41) is 0. The Morgan fingerprint density at radius 1 is 1.00 bits per heavy atom. The lowest BCUT2D eigenvalue weighted by Gasteiger charge is -2.41. The highest BCUT2D eigenvalue weighted by atomic mass is 32.2. The normalized spacial score (nSPS) is 17.7. The molecule has 0 saturated carbocycles. The van der Waals surface area contributed by atoms with Crippen molar-refractivity contribution in [2.24, 2.45) is 0 Å². The van der Waals surface area contributed by atoms with Crippen LogP contribution in [0.4, 0.5) is 9.59 Å². The number of sulfonamides is 1. The summed E-state index contributed by atoms with van der Waals surface area (Å²) in [5.74, 6) is 0.668. The maximum absolute atomic E-state index is 13.2. The quantitative estimate of drug-likeness (QED) is 0.398. The molecule has 1 aliphatic rings. The Morgan fingerprint density at radius 2 is 1.67 bits per heavy atom. The van der Waals surface area contributed by atoms with Crippen molar-refractivity contribution in [2.75, 3.05) is 33.0 Å². The van der Waals surface area contributed by atoms with Crippen LogP contribution in [0.25, 0.3) is 11.1 Å². The van der Waals surface area contributed by atoms with Gasteiger partial charge in [-0.1, -0.05) is 42.5 Å². The number of nitrogens with one attached hydrogen (secondary N) is 1. The number of hydrogen-bond donors (Lipinski definition) is 1. The van der Waals surface area contributed by atoms with E-state index >= 15 is 0 Å². The molecule has 1 heterocycles. The minimum Gasteiger partial charge on any atom is -0.491 e. The molecule has 43 heavy (non-hydrogen) atoms. The molecule has 1 N–H and O–H groups in total. The summed E-state index contributed by atoms with van der Waals surface area (Å²) >= 11 is 0. The van der Waals surface area contributed by atoms with Crippen molar-refractivity contribution in [3.8, 4) is 16.9 Å². The average molecular weight is 618 g/mol. The van der Waals surface area contributed by atoms with Crippen molar-refractivity contribution in [1.29, 1.82) is 0 Å². The molecule has 238 valence electrons. The molecule has 0 spiro atoms. The van der Waals surface area contributed by atoms with E-state index in [4.69, 9.17) is 14.2 Å². The number of carbonyl (C=O) groups is 2. The smallest absolute Gasteiger partial charge is 0.410 e. The molecule has 1 aliphatic heterocycles. The number of piperidine rings is 1. The van der Waals surface area contributed by atoms with Crippen LogP contribution in [0.2, 0.25) is 0 Å². The van der Waals surface area contributed by atoms with Gasteiger partial charge in [0.1, 0.15) is 23.6 Å². The van der Waals surface area contributed by atoms with E-state index in [-0.39, 0.29) is 6.61 Å². The van der Waals surface area contributed by atoms with Crippen LogP contribution in [0.1, 0.15) is 59.9 Å². The minimum absolute atomic E-state index is 0.276. The lowest BCUT2D eigenvalue weighted by molar-refractivity contribution is 0.00588. The van der Waals surface area contributed by atoms with Gasteiger partial charge in [-0.2, -0.15) is 0 Å². The van der Waals surface area contributed by atoms with E-state index in [0.29, 0.717) is 38.1 Å². The first-order chi connectivity index (χ1) is 19.9. The van der Waals surface area contributed by atoms with Crippen LogP contribution in [0, 0.1) is 0 Å². The Hall–Kier alpha value is -3.31. The summed E-state index contributed by atoms with van der Waals surface area (Å²) in [6.07, 6.45) is 1.98. The van der Waals surface area contributed by atoms with Crippen LogP contribution < -0.4 is 9.46 Å². The lowest BCUT2D eigenvalue weighted by Crippen LogP contribution is -2.58. The number of para-hydroxylation sites is 1. The predicted molar refractivity (Wildman–Crippen MR) is 168 cm³/mol. The van der Waals surface area contributed by atoms with E-state index in [1.165, 1.54) is 4.90 Å². The summed E-state index contributed by atoms with van der Waals surface area (Å²) in [6.45, 7) is 12.0. The molecule has 0 bridgehead atoms. The zero-order chi connectivity index (χ0) is 32.0. The number of nitrogens with zero attached hydrogens (tertiary/aromatic N) is 2. The van der Waals surface area contributed by atoms with Crippen LogP contribution >= 0.6 is 0 Å². The number of likely N-dealkylation sites (tertiary alicyclic amines) is 1. The van der Waals surface area contributed by atoms with Crippen molar-refractivity contribution in [2.45, 2.75) is 84.1 Å². The molecule has 10 nitrogen and oxygen atoms in total. The van der Waals surface area contributed by atoms with Crippen molar-refractivity contribution >= 4 is 22.2 Å². The first-order valence-corrected chi connectivity index (χ1v) is 16.5. The van der Waals surface area contributed by atoms with Crippen LogP contribution in [-0.4, -0.2) is 86.7 Å². The number of hydrogen-bond acceptors (Lipinski definition) is 7. The molecule has 3 rings (SSSR count). The van der Waals surface area contributed by atoms with Crippen LogP contribution in [0.3, 0.4) is 0 Å². The summed E-state index contributed by atoms with van der Waals surface area (Å²) in [6, 6.07) is 14.7. The van der Waals surface area contributed by atoms with Gasteiger partial charge in [-0.25, -0.2) is 22.7 Å². The number of likely N-dealkylation sites (N-methyl/N-ethyl adjacent to an activating group) is 1. The summed E-state index contributed by atoms with van der Waals surface area (Å²) in [5.41, 5.74) is 1.48. The van der Waals surface area contributed by atoms with E-state index in [1.54, 1.807) is 11.9 Å². The Morgan fingerprint density at radius 3 is 2.33 bits per heavy atom. The summed E-state index contributed by atoms with van der Waals surface area (Å²) in [4.78, 5) is 28.6. The van der Waals surface area contributed by atoms with Crippen molar-refractivity contribution in [3.63, 3.8) is 0 Å². The SMILES string of the molecule is CN(CCOc1ccccc1-c1cccc(CC2C(NS(C)(=O)=O)CCCN2C(=O)OC(C)(C)C)c1)C(=O)OC(C)(C)C. The first kappa shape index (κ1) is 34.2. The molecule has 2 aromatic rings. The largest absolute Gasteiger partial charge is 0.491 e. The minimum atomic E-state index is -3.50. The second-order valence-corrected chi connectivity index (χ2v) is 14.8. The number of amides is 2. The fourth-order valence-corrected chi connectivity index (χ4v) is 5.76. The number of rotatable bonds is 9. The monoisotopic (exact) mass is 617 g/mol. The van der Waals surface area contributed by atoms with Gasteiger partial charge in [-0.3, -0.25) is 0 Å². The standard InChI is InChI=1S/C32H47N3O7S/c1-31(2,3)41-29(36)34(7)19-20-40-28-17-10-9-15-25(28)24-14-11-13-23(21-24)22-27-26(33-43(8,38)39)16-12-18-35(27)30(37)42-32(4,5)6/h9-11,13-15,17,21,26-27,33H,12,16,18-20,22H2,1-8H3. The topological polar surface area (TPSA) is 114 Å². The molecule has 2 atom stereocenters. The fourth-order valence-electron chi connectivity index (χ4n) is 4.93. The van der Waals surface area contributed by atoms with Crippen molar-refractivity contribution in [3.05, 3.63) is 54.1 Å². The van der Waals surface area contributed by atoms with Gasteiger partial charge < -0.3 is 24.0 Å². The zero-order valence-electron chi connectivity index (χ0n) is 26.7. The number of ether oxygens (including phenoxy) is 3. The number of benzene rings is 2.